The second-order valence-corrected chi connectivity index (χ2v) is 8.33. The van der Waals surface area contributed by atoms with Gasteiger partial charge >= 0.3 is 0 Å². The highest BCUT2D eigenvalue weighted by molar-refractivity contribution is 5.39. The van der Waals surface area contributed by atoms with E-state index in [0.29, 0.717) is 16.2 Å². The van der Waals surface area contributed by atoms with Crippen LogP contribution in [0.1, 0.15) is 47.5 Å². The molecule has 0 spiro atoms. The molecule has 0 heteroatoms. The van der Waals surface area contributed by atoms with Crippen LogP contribution in [-0.2, 0) is 0 Å². The molecule has 8 atom stereocenters. The lowest BCUT2D eigenvalue weighted by molar-refractivity contribution is -0.196. The van der Waals surface area contributed by atoms with E-state index in [4.69, 9.17) is 0 Å². The Morgan fingerprint density at radius 3 is 2.41 bits per heavy atom. The van der Waals surface area contributed by atoms with Gasteiger partial charge in [-0.3, -0.25) is 0 Å². The van der Waals surface area contributed by atoms with Crippen LogP contribution >= 0.6 is 0 Å². The lowest BCUT2D eigenvalue weighted by Crippen LogP contribution is -2.63. The van der Waals surface area contributed by atoms with Gasteiger partial charge in [0, 0.05) is 0 Å². The van der Waals surface area contributed by atoms with Crippen LogP contribution in [0.4, 0.5) is 0 Å². The summed E-state index contributed by atoms with van der Waals surface area (Å²) in [5.74, 6) is 4.67. The van der Waals surface area contributed by atoms with Crippen molar-refractivity contribution in [2.24, 2.45) is 45.8 Å². The van der Waals surface area contributed by atoms with E-state index in [2.05, 4.69) is 41.2 Å². The molecule has 5 aliphatic rings. The Kier molecular flexibility index (Phi) is 1.50. The third-order valence-electron chi connectivity index (χ3n) is 8.78. The van der Waals surface area contributed by atoms with Crippen LogP contribution in [0.15, 0.2) is 12.2 Å². The molecule has 5 aliphatic carbocycles. The van der Waals surface area contributed by atoms with Crippen molar-refractivity contribution in [3.8, 4) is 0 Å². The summed E-state index contributed by atoms with van der Waals surface area (Å²) in [4.78, 5) is 0. The maximum absolute atomic E-state index is 4.42. The average molecular weight is 230 g/mol. The highest BCUT2D eigenvalue weighted by atomic mass is 14.9. The van der Waals surface area contributed by atoms with Crippen LogP contribution < -0.4 is 0 Å². The fraction of sp³-hybridized carbons (Fsp3) is 0.882. The Labute approximate surface area is 106 Å². The summed E-state index contributed by atoms with van der Waals surface area (Å²) in [5, 5.41) is 0. The van der Waals surface area contributed by atoms with Crippen molar-refractivity contribution in [2.75, 3.05) is 0 Å². The van der Waals surface area contributed by atoms with Gasteiger partial charge in [0.05, 0.1) is 0 Å². The Bertz CT molecular complexity index is 435. The van der Waals surface area contributed by atoms with Crippen LogP contribution in [-0.4, -0.2) is 0 Å². The van der Waals surface area contributed by atoms with Crippen molar-refractivity contribution in [2.45, 2.75) is 47.5 Å². The summed E-state index contributed by atoms with van der Waals surface area (Å²) in [6.07, 6.45) is 2.80. The summed E-state index contributed by atoms with van der Waals surface area (Å²) in [6, 6.07) is 0. The minimum absolute atomic E-state index is 0.559. The molecule has 0 nitrogen and oxygen atoms in total. The highest BCUT2D eigenvalue weighted by Gasteiger charge is 2.86. The third-order valence-corrected chi connectivity index (χ3v) is 8.78. The predicted molar refractivity (Wildman–Crippen MR) is 71.5 cm³/mol. The summed E-state index contributed by atoms with van der Waals surface area (Å²) in [7, 11) is 0. The molecule has 5 saturated carbocycles. The zero-order valence-corrected chi connectivity index (χ0v) is 12.0. The van der Waals surface area contributed by atoms with E-state index >= 15 is 0 Å². The molecule has 2 bridgehead atoms. The van der Waals surface area contributed by atoms with E-state index < -0.39 is 0 Å². The Morgan fingerprint density at radius 2 is 1.82 bits per heavy atom. The monoisotopic (exact) mass is 230 g/mol. The summed E-state index contributed by atoms with van der Waals surface area (Å²) in [6.45, 7) is 17.2. The number of hydrogen-bond donors (Lipinski definition) is 0. The Hall–Kier alpha value is -0.260. The molecular formula is C17H26. The Morgan fingerprint density at radius 1 is 1.18 bits per heavy atom. The van der Waals surface area contributed by atoms with E-state index in [1.165, 1.54) is 12.8 Å². The molecule has 5 fully saturated rings. The van der Waals surface area contributed by atoms with Gasteiger partial charge in [0.2, 0.25) is 0 Å². The van der Waals surface area contributed by atoms with Gasteiger partial charge in [-0.2, -0.15) is 0 Å². The molecule has 8 unspecified atom stereocenters. The molecule has 17 heavy (non-hydrogen) atoms. The smallest absolute Gasteiger partial charge is 0.0107 e. The van der Waals surface area contributed by atoms with Gasteiger partial charge in [0.1, 0.15) is 0 Å². The van der Waals surface area contributed by atoms with Crippen molar-refractivity contribution in [3.63, 3.8) is 0 Å². The number of hydrogen-bond acceptors (Lipinski definition) is 0. The van der Waals surface area contributed by atoms with Crippen LogP contribution in [0.2, 0.25) is 0 Å². The molecular weight excluding hydrogens is 204 g/mol. The molecule has 94 valence electrons. The molecule has 0 radical (unpaired) electrons. The minimum atomic E-state index is 0.559. The molecule has 0 amide bonds. The normalized spacial score (nSPS) is 71.6. The van der Waals surface area contributed by atoms with Gasteiger partial charge < -0.3 is 0 Å². The average Bonchev–Trinajstić information content (AvgIpc) is 2.66. The van der Waals surface area contributed by atoms with Crippen LogP contribution in [0, 0.1) is 45.8 Å². The Balaban J connectivity index is 1.90. The van der Waals surface area contributed by atoms with E-state index in [1.807, 2.05) is 0 Å². The molecule has 0 saturated heterocycles. The molecule has 5 rings (SSSR count). The summed E-state index contributed by atoms with van der Waals surface area (Å²) < 4.78 is 0. The first kappa shape index (κ1) is 10.6. The lowest BCUT2D eigenvalue weighted by Gasteiger charge is -2.67. The van der Waals surface area contributed by atoms with E-state index in [-0.39, 0.29) is 0 Å². The first-order chi connectivity index (χ1) is 7.80. The molecule has 0 heterocycles. The van der Waals surface area contributed by atoms with Gasteiger partial charge in [-0.1, -0.05) is 46.8 Å². The van der Waals surface area contributed by atoms with Gasteiger partial charge in [-0.25, -0.2) is 0 Å². The SMILES string of the molecule is C=C1CC(C)C2(C)C1C1C3CC(C)(C3C)C12C. The largest absolute Gasteiger partial charge is 0.0995 e. The number of rotatable bonds is 0. The summed E-state index contributed by atoms with van der Waals surface area (Å²) in [5.41, 5.74) is 3.38. The van der Waals surface area contributed by atoms with Crippen molar-refractivity contribution in [3.05, 3.63) is 12.2 Å². The molecule has 0 aromatic heterocycles. The summed E-state index contributed by atoms with van der Waals surface area (Å²) >= 11 is 0. The second kappa shape index (κ2) is 2.40. The van der Waals surface area contributed by atoms with E-state index in [0.717, 1.165) is 29.6 Å². The molecule has 0 aromatic carbocycles. The fourth-order valence-electron chi connectivity index (χ4n) is 7.48. The van der Waals surface area contributed by atoms with Crippen LogP contribution in [0.25, 0.3) is 0 Å². The molecule has 0 aliphatic heterocycles. The number of fused-ring (bicyclic) bond motifs is 1. The molecule has 0 N–H and O–H groups in total. The first-order valence-electron chi connectivity index (χ1n) is 7.48. The third kappa shape index (κ3) is 0.667. The quantitative estimate of drug-likeness (QED) is 0.537. The maximum atomic E-state index is 4.42. The van der Waals surface area contributed by atoms with Crippen molar-refractivity contribution in [1.29, 1.82) is 0 Å². The lowest BCUT2D eigenvalue weighted by atomic mass is 9.36. The number of allylic oxidation sites excluding steroid dienone is 1. The van der Waals surface area contributed by atoms with Gasteiger partial charge in [0.15, 0.2) is 0 Å². The topological polar surface area (TPSA) is 0 Å². The zero-order chi connectivity index (χ0) is 12.4. The predicted octanol–water partition coefficient (Wildman–Crippen LogP) is 4.52. The van der Waals surface area contributed by atoms with Crippen LogP contribution in [0.3, 0.4) is 0 Å². The van der Waals surface area contributed by atoms with Crippen molar-refractivity contribution >= 4 is 0 Å². The maximum Gasteiger partial charge on any atom is -0.0107 e. The second-order valence-electron chi connectivity index (χ2n) is 8.33. The fourth-order valence-corrected chi connectivity index (χ4v) is 7.48. The van der Waals surface area contributed by atoms with Crippen molar-refractivity contribution < 1.29 is 0 Å². The zero-order valence-electron chi connectivity index (χ0n) is 12.0. The van der Waals surface area contributed by atoms with Crippen LogP contribution in [0.5, 0.6) is 0 Å². The van der Waals surface area contributed by atoms with Gasteiger partial charge in [-0.15, -0.1) is 0 Å². The highest BCUT2D eigenvalue weighted by Crippen LogP contribution is 2.91. The first-order valence-corrected chi connectivity index (χ1v) is 7.48. The van der Waals surface area contributed by atoms with E-state index in [1.54, 1.807) is 5.57 Å². The molecule has 0 aromatic rings. The standard InChI is InChI=1S/C17H26/c1-9-7-10(2)16(5)13(9)14-12-8-15(4,11(12)3)17(14,16)6/h10-14H,1,7-8H2,2-6H3. The van der Waals surface area contributed by atoms with E-state index in [9.17, 15) is 0 Å². The minimum Gasteiger partial charge on any atom is -0.0995 e. The van der Waals surface area contributed by atoms with Crippen molar-refractivity contribution in [1.82, 2.24) is 0 Å². The van der Waals surface area contributed by atoms with Gasteiger partial charge in [-0.05, 0) is 58.7 Å². The van der Waals surface area contributed by atoms with Gasteiger partial charge in [0.25, 0.3) is 0 Å².